The van der Waals surface area contributed by atoms with Gasteiger partial charge in [0, 0.05) is 11.2 Å². The van der Waals surface area contributed by atoms with Crippen molar-refractivity contribution in [2.45, 2.75) is 30.9 Å². The smallest absolute Gasteiger partial charge is 0.157 e. The molecule has 0 saturated carbocycles. The number of fused-ring (bicyclic) bond motifs is 1. The lowest BCUT2D eigenvalue weighted by atomic mass is 10.1. The Balaban J connectivity index is 1.71. The average molecular weight is 325 g/mol. The molecule has 0 spiro atoms. The van der Waals surface area contributed by atoms with Gasteiger partial charge in [-0.1, -0.05) is 23.7 Å². The highest BCUT2D eigenvalue weighted by Crippen LogP contribution is 2.40. The fourth-order valence-corrected chi connectivity index (χ4v) is 5.17. The second-order valence-corrected chi connectivity index (χ2v) is 8.12. The molecule has 4 nitrogen and oxygen atoms in total. The van der Waals surface area contributed by atoms with Crippen LogP contribution in [0.4, 0.5) is 0 Å². The Morgan fingerprint density at radius 1 is 1.38 bits per heavy atom. The van der Waals surface area contributed by atoms with Gasteiger partial charge < -0.3 is 0 Å². The second kappa shape index (κ2) is 5.81. The van der Waals surface area contributed by atoms with E-state index in [0.717, 1.165) is 29.5 Å². The minimum atomic E-state index is -3.13. The zero-order valence-corrected chi connectivity index (χ0v) is 13.1. The number of H-pyrrole nitrogens is 1. The lowest BCUT2D eigenvalue weighted by Gasteiger charge is -2.13. The highest BCUT2D eigenvalue weighted by Gasteiger charge is 2.33. The van der Waals surface area contributed by atoms with Crippen molar-refractivity contribution in [3.8, 4) is 0 Å². The maximum Gasteiger partial charge on any atom is 0.157 e. The molecule has 0 saturated heterocycles. The van der Waals surface area contributed by atoms with Gasteiger partial charge in [0.1, 0.15) is 0 Å². The van der Waals surface area contributed by atoms with Crippen LogP contribution in [0.15, 0.2) is 30.6 Å². The highest BCUT2D eigenvalue weighted by molar-refractivity contribution is 7.91. The van der Waals surface area contributed by atoms with Gasteiger partial charge in [0.25, 0.3) is 0 Å². The van der Waals surface area contributed by atoms with Crippen LogP contribution in [0.5, 0.6) is 0 Å². The number of benzene rings is 1. The molecule has 1 aromatic carbocycles. The first-order chi connectivity index (χ1) is 10.1. The van der Waals surface area contributed by atoms with E-state index in [-0.39, 0.29) is 5.75 Å². The summed E-state index contributed by atoms with van der Waals surface area (Å²) < 4.78 is 25.1. The summed E-state index contributed by atoms with van der Waals surface area (Å²) in [5.74, 6) is 0.203. The van der Waals surface area contributed by atoms with E-state index in [0.29, 0.717) is 17.9 Å². The molecule has 1 heterocycles. The number of nitrogens with zero attached hydrogens (tertiary/aromatic N) is 1. The summed E-state index contributed by atoms with van der Waals surface area (Å²) in [6.45, 7) is 0. The summed E-state index contributed by atoms with van der Waals surface area (Å²) in [6.07, 6.45) is 6.28. The van der Waals surface area contributed by atoms with Crippen LogP contribution in [-0.4, -0.2) is 24.4 Å². The third-order valence-electron chi connectivity index (χ3n) is 4.04. The van der Waals surface area contributed by atoms with Crippen molar-refractivity contribution in [3.05, 3.63) is 52.3 Å². The van der Waals surface area contributed by atoms with Gasteiger partial charge in [-0.25, -0.2) is 8.42 Å². The third-order valence-corrected chi connectivity index (χ3v) is 6.61. The molecular formula is C15H17ClN2O2S. The maximum atomic E-state index is 12.6. The van der Waals surface area contributed by atoms with Crippen LogP contribution in [0.25, 0.3) is 0 Å². The maximum absolute atomic E-state index is 12.6. The Kier molecular flexibility index (Phi) is 4.04. The number of aryl methyl sites for hydroxylation is 1. The Hall–Kier alpha value is -1.33. The van der Waals surface area contributed by atoms with Crippen LogP contribution >= 0.6 is 11.6 Å². The van der Waals surface area contributed by atoms with E-state index in [2.05, 4.69) is 10.2 Å². The van der Waals surface area contributed by atoms with Crippen LogP contribution in [0.2, 0.25) is 5.02 Å². The van der Waals surface area contributed by atoms with E-state index in [9.17, 15) is 8.42 Å². The molecule has 1 N–H and O–H groups in total. The average Bonchev–Trinajstić information content (AvgIpc) is 3.07. The van der Waals surface area contributed by atoms with Gasteiger partial charge in [-0.3, -0.25) is 5.10 Å². The van der Waals surface area contributed by atoms with Crippen molar-refractivity contribution < 1.29 is 8.42 Å². The Morgan fingerprint density at radius 3 is 3.00 bits per heavy atom. The van der Waals surface area contributed by atoms with Crippen molar-refractivity contribution in [2.24, 2.45) is 0 Å². The van der Waals surface area contributed by atoms with Gasteiger partial charge in [-0.05, 0) is 48.4 Å². The van der Waals surface area contributed by atoms with E-state index in [1.165, 1.54) is 0 Å². The summed E-state index contributed by atoms with van der Waals surface area (Å²) in [6, 6.07) is 5.56. The fraction of sp³-hybridized carbons (Fsp3) is 0.400. The van der Waals surface area contributed by atoms with E-state index in [1.54, 1.807) is 12.4 Å². The van der Waals surface area contributed by atoms with E-state index < -0.39 is 15.1 Å². The van der Waals surface area contributed by atoms with Gasteiger partial charge in [-0.15, -0.1) is 0 Å². The largest absolute Gasteiger partial charge is 0.285 e. The molecule has 0 unspecified atom stereocenters. The molecule has 21 heavy (non-hydrogen) atoms. The van der Waals surface area contributed by atoms with Crippen molar-refractivity contribution in [3.63, 3.8) is 0 Å². The van der Waals surface area contributed by atoms with Gasteiger partial charge >= 0.3 is 0 Å². The monoisotopic (exact) mass is 324 g/mol. The minimum absolute atomic E-state index is 0.203. The molecule has 0 bridgehead atoms. The normalized spacial score (nSPS) is 17.9. The molecule has 112 valence electrons. The molecule has 0 fully saturated rings. The highest BCUT2D eigenvalue weighted by atomic mass is 35.5. The number of hydrogen-bond donors (Lipinski definition) is 1. The SMILES string of the molecule is O=S(=O)(CCCc1cn[nH]c1)[C@@H]1CCc2c(Cl)cccc21. The second-order valence-electron chi connectivity index (χ2n) is 5.41. The Labute approximate surface area is 129 Å². The van der Waals surface area contributed by atoms with Gasteiger partial charge in [0.15, 0.2) is 9.84 Å². The summed E-state index contributed by atoms with van der Waals surface area (Å²) in [5, 5.41) is 6.89. The summed E-state index contributed by atoms with van der Waals surface area (Å²) in [5.41, 5.74) is 2.94. The van der Waals surface area contributed by atoms with Crippen LogP contribution in [0.1, 0.15) is 34.8 Å². The lowest BCUT2D eigenvalue weighted by Crippen LogP contribution is -2.15. The van der Waals surface area contributed by atoms with Crippen molar-refractivity contribution >= 4 is 21.4 Å². The molecule has 1 atom stereocenters. The summed E-state index contributed by atoms with van der Waals surface area (Å²) >= 11 is 6.15. The number of nitrogens with one attached hydrogen (secondary N) is 1. The first-order valence-electron chi connectivity index (χ1n) is 7.04. The number of rotatable bonds is 5. The number of aromatic amines is 1. The van der Waals surface area contributed by atoms with Crippen LogP contribution in [-0.2, 0) is 22.7 Å². The van der Waals surface area contributed by atoms with E-state index in [1.807, 2.05) is 18.2 Å². The standard InChI is InChI=1S/C15H17ClN2O2S/c16-14-5-1-4-13-12(14)6-7-15(13)21(19,20)8-2-3-11-9-17-18-10-11/h1,4-5,9-10,15H,2-3,6-8H2,(H,17,18)/t15-/m1/s1. The molecule has 2 aromatic rings. The molecule has 1 aliphatic rings. The van der Waals surface area contributed by atoms with Crippen molar-refractivity contribution in [1.29, 1.82) is 0 Å². The van der Waals surface area contributed by atoms with Gasteiger partial charge in [0.2, 0.25) is 0 Å². The van der Waals surface area contributed by atoms with E-state index >= 15 is 0 Å². The predicted octanol–water partition coefficient (Wildman–Crippen LogP) is 3.10. The molecule has 1 aromatic heterocycles. The number of hydrogen-bond acceptors (Lipinski definition) is 3. The van der Waals surface area contributed by atoms with Crippen LogP contribution in [0.3, 0.4) is 0 Å². The van der Waals surface area contributed by atoms with Gasteiger partial charge in [-0.2, -0.15) is 5.10 Å². The predicted molar refractivity (Wildman–Crippen MR) is 83.2 cm³/mol. The quantitative estimate of drug-likeness (QED) is 0.919. The number of aromatic nitrogens is 2. The minimum Gasteiger partial charge on any atom is -0.285 e. The first kappa shape index (κ1) is 14.6. The summed E-state index contributed by atoms with van der Waals surface area (Å²) in [4.78, 5) is 0. The van der Waals surface area contributed by atoms with Crippen molar-refractivity contribution in [1.82, 2.24) is 10.2 Å². The zero-order valence-electron chi connectivity index (χ0n) is 11.5. The van der Waals surface area contributed by atoms with Crippen LogP contribution in [0, 0.1) is 0 Å². The number of sulfone groups is 1. The molecule has 6 heteroatoms. The van der Waals surface area contributed by atoms with E-state index in [4.69, 9.17) is 11.6 Å². The molecule has 1 aliphatic carbocycles. The summed E-state index contributed by atoms with van der Waals surface area (Å²) in [7, 11) is -3.13. The molecule has 0 aliphatic heterocycles. The molecule has 3 rings (SSSR count). The molecule has 0 radical (unpaired) electrons. The molecule has 0 amide bonds. The topological polar surface area (TPSA) is 62.8 Å². The lowest BCUT2D eigenvalue weighted by molar-refractivity contribution is 0.578. The Morgan fingerprint density at radius 2 is 2.24 bits per heavy atom. The number of halogens is 1. The zero-order chi connectivity index (χ0) is 14.9. The van der Waals surface area contributed by atoms with Crippen molar-refractivity contribution in [2.75, 3.05) is 5.75 Å². The Bertz CT molecular complexity index is 726. The molecular weight excluding hydrogens is 308 g/mol. The first-order valence-corrected chi connectivity index (χ1v) is 9.14. The van der Waals surface area contributed by atoms with Crippen LogP contribution < -0.4 is 0 Å². The third kappa shape index (κ3) is 2.99. The fourth-order valence-electron chi connectivity index (χ4n) is 2.98. The van der Waals surface area contributed by atoms with Gasteiger partial charge in [0.05, 0.1) is 17.2 Å².